The highest BCUT2D eigenvalue weighted by Crippen LogP contribution is 2.41. The minimum atomic E-state index is -0.789. The first-order chi connectivity index (χ1) is 15.8. The Labute approximate surface area is 208 Å². The lowest BCUT2D eigenvalue weighted by molar-refractivity contribution is -0.138. The summed E-state index contributed by atoms with van der Waals surface area (Å²) in [5.74, 6) is -0.780. The molecule has 2 aromatic rings. The second kappa shape index (κ2) is 10.9. The van der Waals surface area contributed by atoms with Gasteiger partial charge in [0.15, 0.2) is 11.5 Å². The summed E-state index contributed by atoms with van der Waals surface area (Å²) in [7, 11) is 3.03. The molecule has 1 N–H and O–H groups in total. The first-order valence-electron chi connectivity index (χ1n) is 9.60. The predicted molar refractivity (Wildman–Crippen MR) is 132 cm³/mol. The second-order valence-electron chi connectivity index (χ2n) is 6.49. The van der Waals surface area contributed by atoms with E-state index in [0.29, 0.717) is 26.4 Å². The van der Waals surface area contributed by atoms with Crippen LogP contribution in [0.1, 0.15) is 22.8 Å². The number of halogens is 2. The lowest BCUT2D eigenvalue weighted by Crippen LogP contribution is -2.14. The summed E-state index contributed by atoms with van der Waals surface area (Å²) in [6.45, 7) is 1.73. The molecule has 0 atom stereocenters. The van der Waals surface area contributed by atoms with E-state index in [9.17, 15) is 14.7 Å². The van der Waals surface area contributed by atoms with Crippen molar-refractivity contribution in [3.8, 4) is 11.5 Å². The van der Waals surface area contributed by atoms with Gasteiger partial charge in [-0.3, -0.25) is 4.79 Å². The first kappa shape index (κ1) is 24.9. The molecular formula is C23H19BrClNO6S. The zero-order chi connectivity index (χ0) is 24.1. The number of amides is 1. The maximum Gasteiger partial charge on any atom is 0.344 e. The molecule has 7 nitrogen and oxygen atoms in total. The first-order valence-corrected chi connectivity index (χ1v) is 11.6. The SMILES string of the molecule is CCOC(=O)C1=C(O)/C(=C/c2cc(OC)c(OC)cc2Br)SC1=NC(=O)c1ccccc1Cl. The molecule has 2 aromatic carbocycles. The van der Waals surface area contributed by atoms with E-state index in [0.717, 1.165) is 11.8 Å². The Morgan fingerprint density at radius 3 is 2.48 bits per heavy atom. The van der Waals surface area contributed by atoms with Gasteiger partial charge in [0.25, 0.3) is 5.91 Å². The van der Waals surface area contributed by atoms with Crippen molar-refractivity contribution in [2.45, 2.75) is 6.92 Å². The number of carbonyl (C=O) groups excluding carboxylic acids is 2. The van der Waals surface area contributed by atoms with E-state index in [1.807, 2.05) is 0 Å². The zero-order valence-electron chi connectivity index (χ0n) is 17.8. The average Bonchev–Trinajstić information content (AvgIpc) is 3.09. The van der Waals surface area contributed by atoms with Gasteiger partial charge in [0, 0.05) is 4.47 Å². The molecule has 33 heavy (non-hydrogen) atoms. The Hall–Kier alpha value is -2.75. The van der Waals surface area contributed by atoms with E-state index >= 15 is 0 Å². The van der Waals surface area contributed by atoms with Crippen LogP contribution in [0.25, 0.3) is 6.08 Å². The smallest absolute Gasteiger partial charge is 0.344 e. The fourth-order valence-corrected chi connectivity index (χ4v) is 4.56. The van der Waals surface area contributed by atoms with Crippen LogP contribution in [0.2, 0.25) is 5.02 Å². The molecule has 1 aliphatic rings. The number of ether oxygens (including phenoxy) is 3. The molecule has 0 aromatic heterocycles. The number of nitrogens with zero attached hydrogens (tertiary/aromatic N) is 1. The van der Waals surface area contributed by atoms with Gasteiger partial charge in [0.1, 0.15) is 16.4 Å². The van der Waals surface area contributed by atoms with Crippen molar-refractivity contribution in [3.05, 3.63) is 73.3 Å². The molecule has 1 heterocycles. The molecule has 10 heteroatoms. The van der Waals surface area contributed by atoms with Gasteiger partial charge in [0.05, 0.1) is 36.3 Å². The summed E-state index contributed by atoms with van der Waals surface area (Å²) >= 11 is 10.5. The monoisotopic (exact) mass is 551 g/mol. The van der Waals surface area contributed by atoms with Gasteiger partial charge in [-0.05, 0) is 42.8 Å². The number of aliphatic hydroxyl groups excluding tert-OH is 1. The molecule has 1 aliphatic heterocycles. The highest BCUT2D eigenvalue weighted by molar-refractivity contribution is 9.10. The molecule has 0 bridgehead atoms. The molecule has 0 aliphatic carbocycles. The quantitative estimate of drug-likeness (QED) is 0.451. The van der Waals surface area contributed by atoms with E-state index < -0.39 is 11.9 Å². The third-order valence-corrected chi connectivity index (χ3v) is 6.50. The summed E-state index contributed by atoms with van der Waals surface area (Å²) < 4.78 is 16.3. The maximum atomic E-state index is 12.7. The second-order valence-corrected chi connectivity index (χ2v) is 8.78. The number of benzene rings is 2. The number of aliphatic hydroxyl groups is 1. The normalized spacial score (nSPS) is 15.8. The van der Waals surface area contributed by atoms with Gasteiger partial charge in [-0.15, -0.1) is 0 Å². The molecule has 0 spiro atoms. The minimum absolute atomic E-state index is 0.0127. The summed E-state index contributed by atoms with van der Waals surface area (Å²) in [5, 5.41) is 11.1. The van der Waals surface area contributed by atoms with Crippen molar-refractivity contribution in [1.82, 2.24) is 0 Å². The average molecular weight is 553 g/mol. The number of hydrogen-bond acceptors (Lipinski definition) is 7. The number of aliphatic imine (C=N–C) groups is 1. The minimum Gasteiger partial charge on any atom is -0.506 e. The molecule has 0 fully saturated rings. The fourth-order valence-electron chi connectivity index (χ4n) is 2.90. The van der Waals surface area contributed by atoms with Gasteiger partial charge in [0.2, 0.25) is 0 Å². The Kier molecular flexibility index (Phi) is 8.23. The summed E-state index contributed by atoms with van der Waals surface area (Å²) in [6, 6.07) is 9.86. The third kappa shape index (κ3) is 5.43. The van der Waals surface area contributed by atoms with E-state index in [1.54, 1.807) is 43.3 Å². The highest BCUT2D eigenvalue weighted by atomic mass is 79.9. The standard InChI is InChI=1S/C23H19BrClNO6S/c1-4-32-23(29)19-20(27)18(10-12-9-16(30-2)17(31-3)11-14(12)24)33-22(19)26-21(28)13-7-5-6-8-15(13)25/h5-11,27H,4H2,1-3H3/b18-10-,26-22?. The number of thioether (sulfide) groups is 1. The van der Waals surface area contributed by atoms with Gasteiger partial charge in [-0.1, -0.05) is 51.4 Å². The van der Waals surface area contributed by atoms with Crippen LogP contribution in [0, 0.1) is 0 Å². The van der Waals surface area contributed by atoms with Crippen LogP contribution in [0.4, 0.5) is 0 Å². The van der Waals surface area contributed by atoms with Gasteiger partial charge in [-0.2, -0.15) is 0 Å². The van der Waals surface area contributed by atoms with Crippen molar-refractivity contribution in [1.29, 1.82) is 0 Å². The number of carbonyl (C=O) groups is 2. The van der Waals surface area contributed by atoms with Crippen LogP contribution in [0.5, 0.6) is 11.5 Å². The van der Waals surface area contributed by atoms with Crippen LogP contribution < -0.4 is 9.47 Å². The van der Waals surface area contributed by atoms with Gasteiger partial charge >= 0.3 is 5.97 Å². The molecule has 0 unspecified atom stereocenters. The number of rotatable bonds is 6. The lowest BCUT2D eigenvalue weighted by Gasteiger charge is -2.10. The van der Waals surface area contributed by atoms with Crippen LogP contribution in [-0.2, 0) is 9.53 Å². The van der Waals surface area contributed by atoms with Crippen LogP contribution in [0.3, 0.4) is 0 Å². The molecule has 0 radical (unpaired) electrons. The van der Waals surface area contributed by atoms with E-state index in [1.165, 1.54) is 20.3 Å². The maximum absolute atomic E-state index is 12.7. The van der Waals surface area contributed by atoms with Gasteiger partial charge in [-0.25, -0.2) is 9.79 Å². The fraction of sp³-hybridized carbons (Fsp3) is 0.174. The Morgan fingerprint density at radius 1 is 1.18 bits per heavy atom. The zero-order valence-corrected chi connectivity index (χ0v) is 21.0. The Balaban J connectivity index is 2.08. The molecule has 1 amide bonds. The van der Waals surface area contributed by atoms with Crippen molar-refractivity contribution < 1.29 is 28.9 Å². The summed E-state index contributed by atoms with van der Waals surface area (Å²) in [4.78, 5) is 29.6. The van der Waals surface area contributed by atoms with Gasteiger partial charge < -0.3 is 19.3 Å². The highest BCUT2D eigenvalue weighted by Gasteiger charge is 2.34. The number of methoxy groups -OCH3 is 2. The van der Waals surface area contributed by atoms with Crippen LogP contribution >= 0.6 is 39.3 Å². The molecular weight excluding hydrogens is 534 g/mol. The molecule has 0 saturated carbocycles. The third-order valence-electron chi connectivity index (χ3n) is 4.47. The molecule has 0 saturated heterocycles. The summed E-state index contributed by atoms with van der Waals surface area (Å²) in [6.07, 6.45) is 1.63. The Bertz CT molecular complexity index is 1210. The van der Waals surface area contributed by atoms with Crippen molar-refractivity contribution in [3.63, 3.8) is 0 Å². The van der Waals surface area contributed by atoms with E-state index in [-0.39, 0.29) is 33.6 Å². The van der Waals surface area contributed by atoms with E-state index in [4.69, 9.17) is 25.8 Å². The number of hydrogen-bond donors (Lipinski definition) is 1. The molecule has 172 valence electrons. The largest absolute Gasteiger partial charge is 0.506 e. The summed E-state index contributed by atoms with van der Waals surface area (Å²) in [5.41, 5.74) is 0.628. The Morgan fingerprint density at radius 2 is 1.85 bits per heavy atom. The topological polar surface area (TPSA) is 94.4 Å². The lowest BCUT2D eigenvalue weighted by atomic mass is 10.1. The van der Waals surface area contributed by atoms with E-state index in [2.05, 4.69) is 20.9 Å². The van der Waals surface area contributed by atoms with Crippen LogP contribution in [0.15, 0.2) is 62.1 Å². The van der Waals surface area contributed by atoms with Crippen LogP contribution in [-0.4, -0.2) is 42.9 Å². The van der Waals surface area contributed by atoms with Crippen molar-refractivity contribution in [2.24, 2.45) is 4.99 Å². The predicted octanol–water partition coefficient (Wildman–Crippen LogP) is 5.82. The van der Waals surface area contributed by atoms with Crippen molar-refractivity contribution in [2.75, 3.05) is 20.8 Å². The van der Waals surface area contributed by atoms with Crippen molar-refractivity contribution >= 4 is 62.3 Å². The number of esters is 1. The molecule has 3 rings (SSSR count).